The van der Waals surface area contributed by atoms with Crippen molar-refractivity contribution in [3.63, 3.8) is 0 Å². The van der Waals surface area contributed by atoms with Gasteiger partial charge in [-0.3, -0.25) is 0 Å². The minimum absolute atomic E-state index is 0.299. The summed E-state index contributed by atoms with van der Waals surface area (Å²) >= 11 is 0. The molecule has 0 saturated carbocycles. The van der Waals surface area contributed by atoms with E-state index in [2.05, 4.69) is 0 Å². The summed E-state index contributed by atoms with van der Waals surface area (Å²) in [6.45, 7) is 2.92. The van der Waals surface area contributed by atoms with Gasteiger partial charge in [-0.1, -0.05) is 91.0 Å². The number of benzene rings is 3. The van der Waals surface area contributed by atoms with E-state index in [0.29, 0.717) is 19.8 Å². The average Bonchev–Trinajstić information content (AvgIpc) is 2.91. The largest absolute Gasteiger partial charge is 0.467 e. The van der Waals surface area contributed by atoms with E-state index < -0.39 is 36.5 Å². The third kappa shape index (κ3) is 6.77. The maximum Gasteiger partial charge on any atom is 0.337 e. The van der Waals surface area contributed by atoms with Gasteiger partial charge in [0.05, 0.1) is 33.0 Å². The first-order chi connectivity index (χ1) is 17.2. The first-order valence-corrected chi connectivity index (χ1v) is 11.9. The smallest absolute Gasteiger partial charge is 0.337 e. The van der Waals surface area contributed by atoms with Crippen LogP contribution >= 0.6 is 0 Å². The highest BCUT2D eigenvalue weighted by atomic mass is 16.6. The summed E-state index contributed by atoms with van der Waals surface area (Å²) < 4.78 is 30.3. The van der Waals surface area contributed by atoms with Crippen LogP contribution in [0.4, 0.5) is 0 Å². The highest BCUT2D eigenvalue weighted by molar-refractivity contribution is 5.75. The maximum absolute atomic E-state index is 12.7. The Bertz CT molecular complexity index is 1030. The molecule has 1 heterocycles. The highest BCUT2D eigenvalue weighted by Crippen LogP contribution is 2.31. The molecular weight excluding hydrogens is 444 g/mol. The lowest BCUT2D eigenvalue weighted by Crippen LogP contribution is -2.61. The summed E-state index contributed by atoms with van der Waals surface area (Å²) in [5.74, 6) is -0.496. The molecule has 0 bridgehead atoms. The summed E-state index contributed by atoms with van der Waals surface area (Å²) in [6.07, 6.45) is -3.09. The molecule has 0 aliphatic carbocycles. The van der Waals surface area contributed by atoms with E-state index in [4.69, 9.17) is 23.7 Å². The van der Waals surface area contributed by atoms with Crippen LogP contribution in [0.1, 0.15) is 23.6 Å². The molecule has 6 heteroatoms. The van der Waals surface area contributed by atoms with E-state index in [9.17, 15) is 4.79 Å². The predicted molar refractivity (Wildman–Crippen MR) is 131 cm³/mol. The molecule has 4 rings (SSSR count). The topological polar surface area (TPSA) is 63.2 Å². The van der Waals surface area contributed by atoms with Crippen LogP contribution in [0.15, 0.2) is 91.0 Å². The molecule has 6 nitrogen and oxygen atoms in total. The van der Waals surface area contributed by atoms with Crippen molar-refractivity contribution in [1.29, 1.82) is 0 Å². The summed E-state index contributed by atoms with van der Waals surface area (Å²) in [5, 5.41) is 0. The molecule has 1 aliphatic heterocycles. The fraction of sp³-hybridized carbons (Fsp3) is 0.345. The lowest BCUT2D eigenvalue weighted by atomic mass is 9.94. The Balaban J connectivity index is 1.59. The van der Waals surface area contributed by atoms with Crippen molar-refractivity contribution < 1.29 is 28.5 Å². The Morgan fingerprint density at radius 3 is 1.49 bits per heavy atom. The van der Waals surface area contributed by atoms with Crippen LogP contribution < -0.4 is 0 Å². The zero-order chi connectivity index (χ0) is 24.5. The van der Waals surface area contributed by atoms with Crippen LogP contribution in [0.3, 0.4) is 0 Å². The van der Waals surface area contributed by atoms with Gasteiger partial charge < -0.3 is 23.7 Å². The van der Waals surface area contributed by atoms with E-state index >= 15 is 0 Å². The third-order valence-electron chi connectivity index (χ3n) is 6.06. The van der Waals surface area contributed by atoms with Crippen molar-refractivity contribution in [3.8, 4) is 0 Å². The fourth-order valence-electron chi connectivity index (χ4n) is 4.22. The molecule has 0 radical (unpaired) electrons. The molecule has 35 heavy (non-hydrogen) atoms. The zero-order valence-corrected chi connectivity index (χ0v) is 20.1. The molecule has 0 N–H and O–H groups in total. The van der Waals surface area contributed by atoms with Crippen molar-refractivity contribution in [1.82, 2.24) is 0 Å². The second kappa shape index (κ2) is 12.6. The maximum atomic E-state index is 12.7. The van der Waals surface area contributed by atoms with E-state index in [1.54, 1.807) is 0 Å². The van der Waals surface area contributed by atoms with Crippen molar-refractivity contribution in [2.45, 2.75) is 57.3 Å². The van der Waals surface area contributed by atoms with Crippen LogP contribution in [0.25, 0.3) is 0 Å². The lowest BCUT2D eigenvalue weighted by Gasteiger charge is -2.44. The SMILES string of the molecule is COC(=O)C1OC(C)C(OCc2ccccc2)C(OCc2ccccc2)C1OCc1ccccc1. The van der Waals surface area contributed by atoms with E-state index in [0.717, 1.165) is 16.7 Å². The summed E-state index contributed by atoms with van der Waals surface area (Å²) in [6, 6.07) is 29.6. The number of hydrogen-bond acceptors (Lipinski definition) is 6. The number of esters is 1. The Morgan fingerprint density at radius 2 is 1.06 bits per heavy atom. The van der Waals surface area contributed by atoms with E-state index in [1.807, 2.05) is 97.9 Å². The molecule has 0 spiro atoms. The van der Waals surface area contributed by atoms with Gasteiger partial charge in [-0.2, -0.15) is 0 Å². The van der Waals surface area contributed by atoms with Crippen LogP contribution in [-0.2, 0) is 48.3 Å². The number of rotatable bonds is 10. The molecule has 184 valence electrons. The molecule has 5 unspecified atom stereocenters. The quantitative estimate of drug-likeness (QED) is 0.395. The first-order valence-electron chi connectivity index (χ1n) is 11.9. The molecule has 1 saturated heterocycles. The first kappa shape index (κ1) is 25.1. The summed E-state index contributed by atoms with van der Waals surface area (Å²) in [7, 11) is 1.35. The van der Waals surface area contributed by atoms with Crippen molar-refractivity contribution >= 4 is 5.97 Å². The molecular formula is C29H32O6. The lowest BCUT2D eigenvalue weighted by molar-refractivity contribution is -0.262. The van der Waals surface area contributed by atoms with Gasteiger partial charge in [-0.25, -0.2) is 4.79 Å². The number of hydrogen-bond donors (Lipinski definition) is 0. The highest BCUT2D eigenvalue weighted by Gasteiger charge is 2.50. The third-order valence-corrected chi connectivity index (χ3v) is 6.06. The van der Waals surface area contributed by atoms with Gasteiger partial charge in [-0.15, -0.1) is 0 Å². The van der Waals surface area contributed by atoms with Gasteiger partial charge in [0.2, 0.25) is 0 Å². The van der Waals surface area contributed by atoms with Gasteiger partial charge in [0.1, 0.15) is 18.3 Å². The number of methoxy groups -OCH3 is 1. The summed E-state index contributed by atoms with van der Waals surface area (Å²) in [4.78, 5) is 12.7. The Kier molecular flexibility index (Phi) is 9.03. The average molecular weight is 477 g/mol. The molecule has 1 fully saturated rings. The Hall–Kier alpha value is -3.03. The van der Waals surface area contributed by atoms with Gasteiger partial charge in [0, 0.05) is 0 Å². The van der Waals surface area contributed by atoms with Gasteiger partial charge >= 0.3 is 5.97 Å². The Morgan fingerprint density at radius 1 is 0.657 bits per heavy atom. The molecule has 1 aliphatic rings. The summed E-state index contributed by atoms with van der Waals surface area (Å²) in [5.41, 5.74) is 3.04. The monoisotopic (exact) mass is 476 g/mol. The van der Waals surface area contributed by atoms with Crippen LogP contribution in [0.2, 0.25) is 0 Å². The van der Waals surface area contributed by atoms with Gasteiger partial charge in [-0.05, 0) is 23.6 Å². The predicted octanol–water partition coefficient (Wildman–Crippen LogP) is 4.70. The zero-order valence-electron chi connectivity index (χ0n) is 20.1. The fourth-order valence-corrected chi connectivity index (χ4v) is 4.22. The van der Waals surface area contributed by atoms with Crippen molar-refractivity contribution in [3.05, 3.63) is 108 Å². The second-order valence-corrected chi connectivity index (χ2v) is 8.57. The minimum Gasteiger partial charge on any atom is -0.467 e. The second-order valence-electron chi connectivity index (χ2n) is 8.57. The van der Waals surface area contributed by atoms with Crippen LogP contribution in [0, 0.1) is 0 Å². The van der Waals surface area contributed by atoms with Gasteiger partial charge in [0.25, 0.3) is 0 Å². The molecule has 3 aromatic rings. The van der Waals surface area contributed by atoms with E-state index in [1.165, 1.54) is 7.11 Å². The van der Waals surface area contributed by atoms with Crippen LogP contribution in [-0.4, -0.2) is 43.6 Å². The van der Waals surface area contributed by atoms with Gasteiger partial charge in [0.15, 0.2) is 6.10 Å². The van der Waals surface area contributed by atoms with Crippen molar-refractivity contribution in [2.75, 3.05) is 7.11 Å². The number of carbonyl (C=O) groups excluding carboxylic acids is 1. The normalized spacial score (nSPS) is 24.1. The molecule has 0 amide bonds. The minimum atomic E-state index is -0.934. The Labute approximate surface area is 206 Å². The number of ether oxygens (including phenoxy) is 5. The standard InChI is InChI=1S/C29H32O6/c1-21-25(32-18-22-12-6-3-7-13-22)26(33-19-23-14-8-4-9-15-23)27(28(35-21)29(30)31-2)34-20-24-16-10-5-11-17-24/h3-17,21,25-28H,18-20H2,1-2H3. The molecule has 0 aromatic heterocycles. The number of carbonyl (C=O) groups is 1. The van der Waals surface area contributed by atoms with E-state index in [-0.39, 0.29) is 0 Å². The van der Waals surface area contributed by atoms with Crippen molar-refractivity contribution in [2.24, 2.45) is 0 Å². The molecule has 3 aromatic carbocycles. The molecule has 5 atom stereocenters. The van der Waals surface area contributed by atoms with Crippen LogP contribution in [0.5, 0.6) is 0 Å².